The number of Topliss-reactive ketones (excluding diaryl/α,β-unsaturated/α-hetero) is 2. The first-order chi connectivity index (χ1) is 18.2. The van der Waals surface area contributed by atoms with Gasteiger partial charge in [-0.1, -0.05) is 20.8 Å². The predicted molar refractivity (Wildman–Crippen MR) is 147 cm³/mol. The van der Waals surface area contributed by atoms with E-state index in [9.17, 15) is 38.1 Å². The Bertz CT molecular complexity index is 1180. The second-order valence-electron chi connectivity index (χ2n) is 14.2. The van der Waals surface area contributed by atoms with Crippen LogP contribution in [-0.2, 0) is 29.0 Å². The third kappa shape index (κ3) is 4.25. The molecule has 0 unspecified atom stereocenters. The van der Waals surface area contributed by atoms with Gasteiger partial charge in [-0.2, -0.15) is 0 Å². The first-order valence-corrected chi connectivity index (χ1v) is 16.6. The molecule has 0 spiro atoms. The molecule has 0 saturated heterocycles. The van der Waals surface area contributed by atoms with Crippen molar-refractivity contribution in [3.05, 3.63) is 0 Å². The lowest BCUT2D eigenvalue weighted by atomic mass is 9.39. The summed E-state index contributed by atoms with van der Waals surface area (Å²) in [5.74, 6) is -3.46. The lowest BCUT2D eigenvalue weighted by molar-refractivity contribution is -0.250. The summed E-state index contributed by atoms with van der Waals surface area (Å²) in [4.78, 5) is 35.5. The zero-order chi connectivity index (χ0) is 30.3. The first kappa shape index (κ1) is 31.6. The van der Waals surface area contributed by atoms with Gasteiger partial charge in [0.1, 0.15) is 11.2 Å². The standard InChI is InChI=1S/C30H48O9S/c1-17(8-11-24(33)39-6)21-9-10-22-25-23(16-30(36,27(21,22)5)40(7,37)38)26(4)12-13-28(34,18(2)31)14-20(26)15-29(25,35)19(3)32/h17,20-23,25,34-36H,8-16H2,1-7H3/t17-,20+,21-,22+,23+,25+,26+,27-,28-,29+,30-/m1/s1. The van der Waals surface area contributed by atoms with Gasteiger partial charge in [0.15, 0.2) is 26.3 Å². The molecule has 9 nitrogen and oxygen atoms in total. The quantitative estimate of drug-likeness (QED) is 0.383. The van der Waals surface area contributed by atoms with E-state index >= 15 is 0 Å². The number of esters is 1. The van der Waals surface area contributed by atoms with Gasteiger partial charge >= 0.3 is 5.97 Å². The van der Waals surface area contributed by atoms with Crippen LogP contribution < -0.4 is 0 Å². The minimum atomic E-state index is -4.06. The highest BCUT2D eigenvalue weighted by atomic mass is 32.2. The molecule has 0 amide bonds. The summed E-state index contributed by atoms with van der Waals surface area (Å²) < 4.78 is 32.1. The Balaban J connectivity index is 1.86. The normalized spacial score (nSPS) is 47.4. The van der Waals surface area contributed by atoms with Crippen molar-refractivity contribution in [1.82, 2.24) is 0 Å². The Hall–Kier alpha value is -1.36. The van der Waals surface area contributed by atoms with E-state index in [1.54, 1.807) is 0 Å². The van der Waals surface area contributed by atoms with Crippen molar-refractivity contribution >= 4 is 27.4 Å². The number of aliphatic hydroxyl groups is 3. The van der Waals surface area contributed by atoms with Crippen molar-refractivity contribution in [2.45, 2.75) is 109 Å². The molecule has 0 bridgehead atoms. The van der Waals surface area contributed by atoms with Crippen molar-refractivity contribution < 1.29 is 42.9 Å². The van der Waals surface area contributed by atoms with Crippen molar-refractivity contribution in [3.63, 3.8) is 0 Å². The van der Waals surface area contributed by atoms with Crippen LogP contribution in [0, 0.1) is 46.3 Å². The smallest absolute Gasteiger partial charge is 0.305 e. The van der Waals surface area contributed by atoms with Gasteiger partial charge in [0.25, 0.3) is 0 Å². The molecule has 0 radical (unpaired) electrons. The average molecular weight is 585 g/mol. The summed E-state index contributed by atoms with van der Waals surface area (Å²) in [5, 5.41) is 35.9. The van der Waals surface area contributed by atoms with Gasteiger partial charge < -0.3 is 20.1 Å². The largest absolute Gasteiger partial charge is 0.469 e. The van der Waals surface area contributed by atoms with Crippen LogP contribution >= 0.6 is 0 Å². The van der Waals surface area contributed by atoms with Crippen LogP contribution in [0.5, 0.6) is 0 Å². The molecule has 40 heavy (non-hydrogen) atoms. The molecule has 0 aromatic carbocycles. The molecule has 0 aliphatic heterocycles. The van der Waals surface area contributed by atoms with Crippen LogP contribution in [0.1, 0.15) is 92.4 Å². The number of hydrogen-bond acceptors (Lipinski definition) is 9. The Morgan fingerprint density at radius 2 is 1.57 bits per heavy atom. The number of methoxy groups -OCH3 is 1. The lowest BCUT2D eigenvalue weighted by Gasteiger charge is -2.68. The molecule has 3 N–H and O–H groups in total. The van der Waals surface area contributed by atoms with E-state index in [2.05, 4.69) is 0 Å². The van der Waals surface area contributed by atoms with Gasteiger partial charge in [-0.05, 0) is 100 Å². The van der Waals surface area contributed by atoms with E-state index in [0.717, 1.165) is 6.26 Å². The maximum Gasteiger partial charge on any atom is 0.305 e. The zero-order valence-electron chi connectivity index (χ0n) is 25.0. The Labute approximate surface area is 238 Å². The van der Waals surface area contributed by atoms with Crippen molar-refractivity contribution in [3.8, 4) is 0 Å². The molecular weight excluding hydrogens is 536 g/mol. The first-order valence-electron chi connectivity index (χ1n) is 14.7. The summed E-state index contributed by atoms with van der Waals surface area (Å²) >= 11 is 0. The highest BCUT2D eigenvalue weighted by Crippen LogP contribution is 2.73. The maximum atomic E-state index is 13.6. The Morgan fingerprint density at radius 1 is 0.950 bits per heavy atom. The summed E-state index contributed by atoms with van der Waals surface area (Å²) in [7, 11) is -2.73. The van der Waals surface area contributed by atoms with Gasteiger partial charge in [-0.15, -0.1) is 0 Å². The number of sulfone groups is 1. The summed E-state index contributed by atoms with van der Waals surface area (Å²) in [5.41, 5.74) is -5.10. The number of hydrogen-bond donors (Lipinski definition) is 3. The fraction of sp³-hybridized carbons (Fsp3) is 0.900. The van der Waals surface area contributed by atoms with E-state index in [-0.39, 0.29) is 55.7 Å². The number of ether oxygens (including phenoxy) is 1. The van der Waals surface area contributed by atoms with E-state index in [0.29, 0.717) is 25.7 Å². The molecule has 228 valence electrons. The van der Waals surface area contributed by atoms with Crippen LogP contribution in [-0.4, -0.2) is 70.8 Å². The Morgan fingerprint density at radius 3 is 2.10 bits per heavy atom. The molecule has 11 atom stereocenters. The number of carbonyl (C=O) groups excluding carboxylic acids is 3. The van der Waals surface area contributed by atoms with Gasteiger partial charge in [0.2, 0.25) is 0 Å². The number of rotatable bonds is 7. The van der Waals surface area contributed by atoms with E-state index in [1.165, 1.54) is 21.0 Å². The fourth-order valence-corrected chi connectivity index (χ4v) is 11.7. The van der Waals surface area contributed by atoms with Crippen LogP contribution in [0.25, 0.3) is 0 Å². The number of ketones is 2. The molecule has 10 heteroatoms. The van der Waals surface area contributed by atoms with Gasteiger partial charge in [-0.25, -0.2) is 8.42 Å². The van der Waals surface area contributed by atoms with Crippen LogP contribution in [0.15, 0.2) is 0 Å². The lowest BCUT2D eigenvalue weighted by Crippen LogP contribution is -2.73. The minimum Gasteiger partial charge on any atom is -0.469 e. The number of carbonyl (C=O) groups is 3. The molecule has 0 heterocycles. The highest BCUT2D eigenvalue weighted by molar-refractivity contribution is 7.91. The highest BCUT2D eigenvalue weighted by Gasteiger charge is 2.76. The van der Waals surface area contributed by atoms with Crippen LogP contribution in [0.4, 0.5) is 0 Å². The molecule has 0 aromatic rings. The van der Waals surface area contributed by atoms with Crippen LogP contribution in [0.2, 0.25) is 0 Å². The maximum absolute atomic E-state index is 13.6. The predicted octanol–water partition coefficient (Wildman–Crippen LogP) is 2.83. The van der Waals surface area contributed by atoms with Gasteiger partial charge in [0, 0.05) is 24.0 Å². The minimum absolute atomic E-state index is 0.0854. The molecule has 4 fully saturated rings. The SMILES string of the molecule is COC(=O)CC[C@@H](C)[C@H]1CC[C@H]2[C@H]3[C@H](C[C@@](O)(S(C)(=O)=O)[C@]12C)[C@@]1(C)CC[C@](O)(C(C)=O)C[C@H]1C[C@]3(O)C(C)=O. The summed E-state index contributed by atoms with van der Waals surface area (Å²) in [6.45, 7) is 8.51. The third-order valence-electron chi connectivity index (χ3n) is 12.7. The van der Waals surface area contributed by atoms with E-state index in [4.69, 9.17) is 4.74 Å². The molecule has 0 aromatic heterocycles. The van der Waals surface area contributed by atoms with Gasteiger partial charge in [-0.3, -0.25) is 14.4 Å². The molecular formula is C30H48O9S. The van der Waals surface area contributed by atoms with E-state index in [1.807, 2.05) is 20.8 Å². The summed E-state index contributed by atoms with van der Waals surface area (Å²) in [6.07, 6.45) is 3.52. The Kier molecular flexibility index (Phi) is 7.77. The summed E-state index contributed by atoms with van der Waals surface area (Å²) in [6, 6.07) is 0. The number of fused-ring (bicyclic) bond motifs is 5. The second kappa shape index (κ2) is 9.85. The topological polar surface area (TPSA) is 155 Å². The van der Waals surface area contributed by atoms with E-state index < -0.39 is 66.3 Å². The van der Waals surface area contributed by atoms with Crippen LogP contribution in [0.3, 0.4) is 0 Å². The molecule has 4 rings (SSSR count). The fourth-order valence-electron chi connectivity index (χ4n) is 10.1. The van der Waals surface area contributed by atoms with Crippen molar-refractivity contribution in [2.75, 3.05) is 13.4 Å². The third-order valence-corrected chi connectivity index (χ3v) is 14.5. The zero-order valence-corrected chi connectivity index (χ0v) is 25.8. The second-order valence-corrected chi connectivity index (χ2v) is 16.5. The monoisotopic (exact) mass is 584 g/mol. The molecule has 4 saturated carbocycles. The van der Waals surface area contributed by atoms with Crippen molar-refractivity contribution in [1.29, 1.82) is 0 Å². The van der Waals surface area contributed by atoms with Gasteiger partial charge in [0.05, 0.1) is 7.11 Å². The average Bonchev–Trinajstić information content (AvgIpc) is 3.21. The molecule has 4 aliphatic carbocycles. The van der Waals surface area contributed by atoms with Crippen molar-refractivity contribution in [2.24, 2.45) is 46.3 Å². The molecule has 4 aliphatic rings.